The van der Waals surface area contributed by atoms with Crippen LogP contribution in [0, 0.1) is 11.7 Å². The van der Waals surface area contributed by atoms with E-state index in [0.717, 1.165) is 10.1 Å². The molecular formula is C17H22FN3O2. The molecule has 0 amide bonds. The second-order valence-electron chi connectivity index (χ2n) is 6.03. The minimum atomic E-state index is -0.350. The lowest BCUT2D eigenvalue weighted by Gasteiger charge is -2.23. The average Bonchev–Trinajstić information content (AvgIpc) is 2.51. The van der Waals surface area contributed by atoms with E-state index >= 15 is 0 Å². The predicted molar refractivity (Wildman–Crippen MR) is 87.7 cm³/mol. The normalized spacial score (nSPS) is 12.6. The molecule has 2 aromatic rings. The minimum Gasteiger partial charge on any atom is -0.304 e. The summed E-state index contributed by atoms with van der Waals surface area (Å²) in [6, 6.07) is 7.80. The molecule has 0 bridgehead atoms. The molecule has 0 fully saturated rings. The molecule has 1 aromatic heterocycles. The van der Waals surface area contributed by atoms with Gasteiger partial charge in [-0.3, -0.25) is 13.9 Å². The highest BCUT2D eigenvalue weighted by molar-refractivity contribution is 5.20. The van der Waals surface area contributed by atoms with E-state index in [9.17, 15) is 14.0 Å². The molecule has 1 atom stereocenters. The Balaban J connectivity index is 2.25. The number of aromatic nitrogens is 2. The van der Waals surface area contributed by atoms with Gasteiger partial charge in [0, 0.05) is 38.4 Å². The first-order chi connectivity index (χ1) is 10.8. The number of benzene rings is 1. The highest BCUT2D eigenvalue weighted by atomic mass is 19.1. The molecule has 1 N–H and O–H groups in total. The van der Waals surface area contributed by atoms with Crippen molar-refractivity contribution in [2.75, 3.05) is 0 Å². The van der Waals surface area contributed by atoms with Crippen LogP contribution in [0.25, 0.3) is 0 Å². The van der Waals surface area contributed by atoms with Crippen LogP contribution < -0.4 is 16.6 Å². The third-order valence-corrected chi connectivity index (χ3v) is 4.02. The maximum atomic E-state index is 13.1. The first-order valence-electron chi connectivity index (χ1n) is 7.56. The van der Waals surface area contributed by atoms with Crippen LogP contribution in [-0.2, 0) is 20.6 Å². The topological polar surface area (TPSA) is 56.0 Å². The van der Waals surface area contributed by atoms with Crippen LogP contribution in [0.5, 0.6) is 0 Å². The van der Waals surface area contributed by atoms with Gasteiger partial charge < -0.3 is 5.32 Å². The van der Waals surface area contributed by atoms with Gasteiger partial charge in [0.05, 0.1) is 0 Å². The largest absolute Gasteiger partial charge is 0.330 e. The molecule has 1 aromatic carbocycles. The van der Waals surface area contributed by atoms with E-state index in [4.69, 9.17) is 0 Å². The molecule has 0 aliphatic heterocycles. The van der Waals surface area contributed by atoms with E-state index in [-0.39, 0.29) is 29.0 Å². The molecule has 124 valence electrons. The second kappa shape index (κ2) is 6.91. The van der Waals surface area contributed by atoms with Crippen LogP contribution in [0.4, 0.5) is 4.39 Å². The Hall–Kier alpha value is -2.21. The summed E-state index contributed by atoms with van der Waals surface area (Å²) in [6.45, 7) is 4.50. The number of nitrogens with one attached hydrogen (secondary N) is 1. The van der Waals surface area contributed by atoms with E-state index in [0.29, 0.717) is 12.2 Å². The molecule has 6 heteroatoms. The summed E-state index contributed by atoms with van der Waals surface area (Å²) >= 11 is 0. The van der Waals surface area contributed by atoms with Crippen molar-refractivity contribution in [1.82, 2.24) is 14.5 Å². The van der Waals surface area contributed by atoms with Gasteiger partial charge in [-0.1, -0.05) is 26.0 Å². The van der Waals surface area contributed by atoms with Crippen LogP contribution in [0.1, 0.15) is 31.1 Å². The third kappa shape index (κ3) is 3.76. The highest BCUT2D eigenvalue weighted by Crippen LogP contribution is 2.22. The lowest BCUT2D eigenvalue weighted by atomic mass is 9.96. The van der Waals surface area contributed by atoms with Crippen molar-refractivity contribution in [3.63, 3.8) is 0 Å². The molecule has 0 radical (unpaired) electrons. The summed E-state index contributed by atoms with van der Waals surface area (Å²) in [4.78, 5) is 23.7. The van der Waals surface area contributed by atoms with Gasteiger partial charge in [-0.2, -0.15) is 0 Å². The minimum absolute atomic E-state index is 0.00485. The Labute approximate surface area is 134 Å². The average molecular weight is 319 g/mol. The van der Waals surface area contributed by atoms with Crippen LogP contribution >= 0.6 is 0 Å². The molecule has 1 heterocycles. The van der Waals surface area contributed by atoms with Crippen molar-refractivity contribution < 1.29 is 4.39 Å². The molecule has 0 saturated heterocycles. The van der Waals surface area contributed by atoms with Gasteiger partial charge in [0.1, 0.15) is 5.82 Å². The Morgan fingerprint density at radius 1 is 1.09 bits per heavy atom. The van der Waals surface area contributed by atoms with Gasteiger partial charge >= 0.3 is 5.69 Å². The van der Waals surface area contributed by atoms with Gasteiger partial charge in [-0.05, 0) is 23.6 Å². The first kappa shape index (κ1) is 17.1. The van der Waals surface area contributed by atoms with E-state index in [2.05, 4.69) is 19.2 Å². The van der Waals surface area contributed by atoms with E-state index < -0.39 is 0 Å². The predicted octanol–water partition coefficient (Wildman–Crippen LogP) is 1.71. The lowest BCUT2D eigenvalue weighted by Crippen LogP contribution is -2.39. The van der Waals surface area contributed by atoms with Crippen molar-refractivity contribution in [1.29, 1.82) is 0 Å². The molecule has 0 aliphatic rings. The fourth-order valence-corrected chi connectivity index (χ4v) is 2.57. The molecule has 0 unspecified atom stereocenters. The van der Waals surface area contributed by atoms with Crippen molar-refractivity contribution in [3.05, 3.63) is 68.2 Å². The van der Waals surface area contributed by atoms with Crippen LogP contribution in [0.3, 0.4) is 0 Å². The highest BCUT2D eigenvalue weighted by Gasteiger charge is 2.16. The zero-order valence-corrected chi connectivity index (χ0v) is 13.8. The summed E-state index contributed by atoms with van der Waals surface area (Å²) in [6.07, 6.45) is 0. The van der Waals surface area contributed by atoms with Gasteiger partial charge in [0.15, 0.2) is 0 Å². The summed E-state index contributed by atoms with van der Waals surface area (Å²) in [5.41, 5.74) is 0.908. The maximum absolute atomic E-state index is 13.1. The number of rotatable bonds is 5. The van der Waals surface area contributed by atoms with Crippen LogP contribution in [0.2, 0.25) is 0 Å². The quantitative estimate of drug-likeness (QED) is 0.913. The molecule has 2 rings (SSSR count). The third-order valence-electron chi connectivity index (χ3n) is 4.02. The van der Waals surface area contributed by atoms with E-state index in [1.807, 2.05) is 0 Å². The van der Waals surface area contributed by atoms with Crippen molar-refractivity contribution in [2.24, 2.45) is 20.0 Å². The summed E-state index contributed by atoms with van der Waals surface area (Å²) < 4.78 is 15.6. The SMILES string of the molecule is CC(C)[C@H](NCc1cc(=O)n(C)c(=O)n1C)c1ccc(F)cc1. The zero-order valence-electron chi connectivity index (χ0n) is 13.8. The van der Waals surface area contributed by atoms with Crippen molar-refractivity contribution in [3.8, 4) is 0 Å². The van der Waals surface area contributed by atoms with Gasteiger partial charge in [0.25, 0.3) is 5.56 Å². The molecule has 0 saturated carbocycles. The molecular weight excluding hydrogens is 297 g/mol. The fraction of sp³-hybridized carbons (Fsp3) is 0.412. The van der Waals surface area contributed by atoms with Crippen LogP contribution in [0.15, 0.2) is 39.9 Å². The Bertz CT molecular complexity index is 791. The summed E-state index contributed by atoms with van der Waals surface area (Å²) in [5, 5.41) is 3.36. The van der Waals surface area contributed by atoms with Crippen LogP contribution in [-0.4, -0.2) is 9.13 Å². The lowest BCUT2D eigenvalue weighted by molar-refractivity contribution is 0.403. The van der Waals surface area contributed by atoms with Gasteiger partial charge in [0.2, 0.25) is 0 Å². The van der Waals surface area contributed by atoms with Gasteiger partial charge in [-0.15, -0.1) is 0 Å². The summed E-state index contributed by atoms with van der Waals surface area (Å²) in [5.74, 6) is -0.00533. The molecule has 23 heavy (non-hydrogen) atoms. The number of halogens is 1. The number of hydrogen-bond acceptors (Lipinski definition) is 3. The Morgan fingerprint density at radius 3 is 2.26 bits per heavy atom. The van der Waals surface area contributed by atoms with Crippen molar-refractivity contribution in [2.45, 2.75) is 26.4 Å². The smallest absolute Gasteiger partial charge is 0.304 e. The number of hydrogen-bond donors (Lipinski definition) is 1. The first-order valence-corrected chi connectivity index (χ1v) is 7.56. The summed E-state index contributed by atoms with van der Waals surface area (Å²) in [7, 11) is 3.10. The Kier molecular flexibility index (Phi) is 5.15. The fourth-order valence-electron chi connectivity index (χ4n) is 2.57. The van der Waals surface area contributed by atoms with Gasteiger partial charge in [-0.25, -0.2) is 9.18 Å². The van der Waals surface area contributed by atoms with E-state index in [1.54, 1.807) is 19.2 Å². The number of nitrogens with zero attached hydrogens (tertiary/aromatic N) is 2. The van der Waals surface area contributed by atoms with E-state index in [1.165, 1.54) is 29.8 Å². The molecule has 0 spiro atoms. The monoisotopic (exact) mass is 319 g/mol. The van der Waals surface area contributed by atoms with Crippen molar-refractivity contribution >= 4 is 0 Å². The zero-order chi connectivity index (χ0) is 17.1. The molecule has 5 nitrogen and oxygen atoms in total. The Morgan fingerprint density at radius 2 is 1.70 bits per heavy atom. The molecule has 0 aliphatic carbocycles. The second-order valence-corrected chi connectivity index (χ2v) is 6.03. The maximum Gasteiger partial charge on any atom is 0.330 e. The standard InChI is InChI=1S/C17H22FN3O2/c1-11(2)16(12-5-7-13(18)8-6-12)19-10-14-9-15(22)21(4)17(23)20(14)3/h5-9,11,16,19H,10H2,1-4H3/t16-/m0/s1.